The fraction of sp³-hybridized carbons (Fsp3) is 0.278. The lowest BCUT2D eigenvalue weighted by molar-refractivity contribution is 0.102. The molecule has 152 valence electrons. The number of aryl methyl sites for hydroxylation is 1. The monoisotopic (exact) mass is 425 g/mol. The Morgan fingerprint density at radius 2 is 1.71 bits per heavy atom. The van der Waals surface area contributed by atoms with Crippen LogP contribution >= 0.6 is 0 Å². The number of nitrogens with zero attached hydrogens (tertiary/aromatic N) is 1. The number of nitrogens with one attached hydrogen (secondary N) is 1. The molecule has 0 unspecified atom stereocenters. The number of amides is 1. The first-order valence-corrected chi connectivity index (χ1v) is 11.4. The molecule has 0 aliphatic heterocycles. The van der Waals surface area contributed by atoms with E-state index in [4.69, 9.17) is 5.14 Å². The zero-order valence-electron chi connectivity index (χ0n) is 16.1. The van der Waals surface area contributed by atoms with Gasteiger partial charge in [-0.1, -0.05) is 12.1 Å². The van der Waals surface area contributed by atoms with Crippen LogP contribution in [0.5, 0.6) is 0 Å². The largest absolute Gasteiger partial charge is 0.322 e. The first kappa shape index (κ1) is 22.0. The summed E-state index contributed by atoms with van der Waals surface area (Å²) in [7, 11) is -4.56. The molecule has 2 rings (SSSR count). The van der Waals surface area contributed by atoms with E-state index in [9.17, 15) is 21.6 Å². The maximum atomic E-state index is 12.7. The van der Waals surface area contributed by atoms with Crippen molar-refractivity contribution < 1.29 is 21.6 Å². The number of anilines is 1. The van der Waals surface area contributed by atoms with E-state index in [0.717, 1.165) is 4.31 Å². The molecule has 8 nitrogen and oxygen atoms in total. The average Bonchev–Trinajstić information content (AvgIpc) is 2.55. The summed E-state index contributed by atoms with van der Waals surface area (Å²) in [6, 6.07) is 9.22. The molecule has 10 heteroatoms. The van der Waals surface area contributed by atoms with Gasteiger partial charge in [-0.25, -0.2) is 26.3 Å². The Balaban J connectivity index is 2.38. The molecule has 0 aliphatic rings. The number of hydrogen-bond donors (Lipinski definition) is 2. The number of nitrogens with two attached hydrogens (primary N) is 1. The molecule has 2 aromatic carbocycles. The van der Waals surface area contributed by atoms with Gasteiger partial charge < -0.3 is 5.32 Å². The second kappa shape index (κ2) is 8.00. The van der Waals surface area contributed by atoms with E-state index in [1.54, 1.807) is 38.1 Å². The van der Waals surface area contributed by atoms with Crippen LogP contribution in [0.3, 0.4) is 0 Å². The van der Waals surface area contributed by atoms with Gasteiger partial charge in [0.2, 0.25) is 20.0 Å². The maximum Gasteiger partial charge on any atom is 0.255 e. The molecule has 0 saturated heterocycles. The van der Waals surface area contributed by atoms with Crippen LogP contribution in [-0.2, 0) is 25.8 Å². The molecule has 28 heavy (non-hydrogen) atoms. The van der Waals surface area contributed by atoms with Gasteiger partial charge in [0.1, 0.15) is 0 Å². The molecule has 0 fully saturated rings. The summed E-state index contributed by atoms with van der Waals surface area (Å²) in [6.07, 6.45) is 0. The molecule has 0 radical (unpaired) electrons. The van der Waals surface area contributed by atoms with Crippen LogP contribution in [0, 0.1) is 13.8 Å². The van der Waals surface area contributed by atoms with E-state index in [-0.39, 0.29) is 16.2 Å². The third kappa shape index (κ3) is 5.16. The van der Waals surface area contributed by atoms with Gasteiger partial charge in [-0.15, -0.1) is 0 Å². The van der Waals surface area contributed by atoms with Gasteiger partial charge in [-0.3, -0.25) is 4.79 Å². The van der Waals surface area contributed by atoms with Crippen molar-refractivity contribution in [2.24, 2.45) is 5.14 Å². The zero-order valence-corrected chi connectivity index (χ0v) is 17.7. The topological polar surface area (TPSA) is 127 Å². The second-order valence-corrected chi connectivity index (χ2v) is 10.4. The van der Waals surface area contributed by atoms with Crippen molar-refractivity contribution in [1.29, 1.82) is 0 Å². The van der Waals surface area contributed by atoms with Crippen LogP contribution in [0.4, 0.5) is 5.69 Å². The SMILES string of the molecule is Cc1cc(C(=O)Nc2cccc(CS(N)(=O)=O)c2)cc(S(=O)(=O)N(C)C)c1C. The van der Waals surface area contributed by atoms with Crippen molar-refractivity contribution in [2.45, 2.75) is 24.5 Å². The minimum absolute atomic E-state index is 0.0608. The molecule has 0 heterocycles. The van der Waals surface area contributed by atoms with Gasteiger partial charge in [0, 0.05) is 25.3 Å². The summed E-state index contributed by atoms with van der Waals surface area (Å²) in [5.41, 5.74) is 2.22. The Kier molecular flexibility index (Phi) is 6.29. The molecule has 3 N–H and O–H groups in total. The molecular weight excluding hydrogens is 402 g/mol. The molecule has 0 saturated carbocycles. The Hall–Kier alpha value is -2.27. The highest BCUT2D eigenvalue weighted by molar-refractivity contribution is 7.89. The summed E-state index contributed by atoms with van der Waals surface area (Å²) in [6.45, 7) is 3.41. The minimum Gasteiger partial charge on any atom is -0.322 e. The van der Waals surface area contributed by atoms with E-state index in [1.807, 2.05) is 0 Å². The lowest BCUT2D eigenvalue weighted by Gasteiger charge is -2.16. The third-order valence-corrected chi connectivity index (χ3v) is 6.87. The molecular formula is C18H23N3O5S2. The molecule has 0 aliphatic carbocycles. The lowest BCUT2D eigenvalue weighted by Crippen LogP contribution is -2.24. The number of rotatable bonds is 6. The van der Waals surface area contributed by atoms with Crippen molar-refractivity contribution in [3.8, 4) is 0 Å². The van der Waals surface area contributed by atoms with Gasteiger partial charge in [0.25, 0.3) is 5.91 Å². The molecule has 0 bridgehead atoms. The fourth-order valence-electron chi connectivity index (χ4n) is 2.60. The summed E-state index contributed by atoms with van der Waals surface area (Å²) >= 11 is 0. The molecule has 1 amide bonds. The van der Waals surface area contributed by atoms with E-state index < -0.39 is 26.0 Å². The van der Waals surface area contributed by atoms with E-state index >= 15 is 0 Å². The molecule has 0 spiro atoms. The Bertz CT molecular complexity index is 1120. The highest BCUT2D eigenvalue weighted by atomic mass is 32.2. The molecule has 0 aromatic heterocycles. The van der Waals surface area contributed by atoms with E-state index in [2.05, 4.69) is 5.32 Å². The fourth-order valence-corrected chi connectivity index (χ4v) is 4.46. The first-order valence-electron chi connectivity index (χ1n) is 8.26. The van der Waals surface area contributed by atoms with Crippen molar-refractivity contribution in [3.63, 3.8) is 0 Å². The number of sulfonamides is 2. The van der Waals surface area contributed by atoms with Gasteiger partial charge in [-0.05, 0) is 54.8 Å². The van der Waals surface area contributed by atoms with Crippen molar-refractivity contribution in [2.75, 3.05) is 19.4 Å². The zero-order chi connectivity index (χ0) is 21.3. The van der Waals surface area contributed by atoms with Crippen LogP contribution in [0.25, 0.3) is 0 Å². The summed E-state index contributed by atoms with van der Waals surface area (Å²) in [5.74, 6) is -0.864. The predicted molar refractivity (Wildman–Crippen MR) is 108 cm³/mol. The second-order valence-electron chi connectivity index (χ2n) is 6.67. The predicted octanol–water partition coefficient (Wildman–Crippen LogP) is 1.59. The van der Waals surface area contributed by atoms with Gasteiger partial charge in [0.15, 0.2) is 0 Å². The standard InChI is InChI=1S/C18H23N3O5S2/c1-12-8-15(10-17(13(12)2)28(25,26)21(3)4)18(22)20-16-7-5-6-14(9-16)11-27(19,23)24/h5-10H,11H2,1-4H3,(H,20,22)(H2,19,23,24). The van der Waals surface area contributed by atoms with Gasteiger partial charge in [0.05, 0.1) is 10.6 Å². The van der Waals surface area contributed by atoms with E-state index in [0.29, 0.717) is 22.4 Å². The number of benzene rings is 2. The Labute approximate surface area is 165 Å². The average molecular weight is 426 g/mol. The maximum absolute atomic E-state index is 12.7. The number of hydrogen-bond acceptors (Lipinski definition) is 5. The quantitative estimate of drug-likeness (QED) is 0.727. The van der Waals surface area contributed by atoms with Gasteiger partial charge in [-0.2, -0.15) is 0 Å². The van der Waals surface area contributed by atoms with Crippen LogP contribution in [0.2, 0.25) is 0 Å². The third-order valence-electron chi connectivity index (χ3n) is 4.19. The molecule has 2 aromatic rings. The van der Waals surface area contributed by atoms with Crippen molar-refractivity contribution in [1.82, 2.24) is 4.31 Å². The van der Waals surface area contributed by atoms with E-state index in [1.165, 1.54) is 26.2 Å². The highest BCUT2D eigenvalue weighted by Crippen LogP contribution is 2.24. The summed E-state index contributed by atoms with van der Waals surface area (Å²) in [4.78, 5) is 12.7. The molecule has 0 atom stereocenters. The van der Waals surface area contributed by atoms with Gasteiger partial charge >= 0.3 is 0 Å². The summed E-state index contributed by atoms with van der Waals surface area (Å²) < 4.78 is 48.7. The Morgan fingerprint density at radius 1 is 1.07 bits per heavy atom. The Morgan fingerprint density at radius 3 is 2.29 bits per heavy atom. The van der Waals surface area contributed by atoms with Crippen LogP contribution in [0.15, 0.2) is 41.3 Å². The van der Waals surface area contributed by atoms with Crippen molar-refractivity contribution >= 4 is 31.6 Å². The minimum atomic E-state index is -3.71. The van der Waals surface area contributed by atoms with Crippen LogP contribution < -0.4 is 10.5 Å². The number of primary sulfonamides is 1. The van der Waals surface area contributed by atoms with Crippen LogP contribution in [-0.4, -0.2) is 41.1 Å². The van der Waals surface area contributed by atoms with Crippen molar-refractivity contribution in [3.05, 3.63) is 58.7 Å². The number of carbonyl (C=O) groups excluding carboxylic acids is 1. The van der Waals surface area contributed by atoms with Crippen LogP contribution in [0.1, 0.15) is 27.0 Å². The lowest BCUT2D eigenvalue weighted by atomic mass is 10.1. The number of carbonyl (C=O) groups is 1. The first-order chi connectivity index (χ1) is 12.8. The normalized spacial score (nSPS) is 12.2. The highest BCUT2D eigenvalue weighted by Gasteiger charge is 2.23. The smallest absolute Gasteiger partial charge is 0.255 e. The summed E-state index contributed by atoms with van der Waals surface area (Å²) in [5, 5.41) is 7.70.